The van der Waals surface area contributed by atoms with Crippen LogP contribution in [-0.2, 0) is 14.1 Å². The number of hydrogen-bond donors (Lipinski definition) is 3. The van der Waals surface area contributed by atoms with Crippen molar-refractivity contribution in [2.24, 2.45) is 25.2 Å². The molecular weight excluding hydrogens is 260 g/mol. The van der Waals surface area contributed by atoms with Gasteiger partial charge in [-0.3, -0.25) is 13.9 Å². The molecule has 0 saturated carbocycles. The molecule has 2 rings (SSSR count). The summed E-state index contributed by atoms with van der Waals surface area (Å²) in [6.07, 6.45) is 0. The first-order valence-electron chi connectivity index (χ1n) is 6.36. The van der Waals surface area contributed by atoms with E-state index in [1.54, 1.807) is 7.05 Å². The van der Waals surface area contributed by atoms with Crippen LogP contribution in [0.1, 0.15) is 13.8 Å². The lowest BCUT2D eigenvalue weighted by atomic mass is 9.94. The lowest BCUT2D eigenvalue weighted by Gasteiger charge is -2.22. The van der Waals surface area contributed by atoms with E-state index in [4.69, 9.17) is 5.73 Å². The summed E-state index contributed by atoms with van der Waals surface area (Å²) >= 11 is 0. The summed E-state index contributed by atoms with van der Waals surface area (Å²) in [5.41, 5.74) is 5.44. The van der Waals surface area contributed by atoms with E-state index in [-0.39, 0.29) is 11.0 Å². The maximum Gasteiger partial charge on any atom is 0.332 e. The molecule has 0 amide bonds. The van der Waals surface area contributed by atoms with Gasteiger partial charge < -0.3 is 16.0 Å². The summed E-state index contributed by atoms with van der Waals surface area (Å²) in [4.78, 5) is 31.0. The molecule has 0 aliphatic heterocycles. The van der Waals surface area contributed by atoms with Gasteiger partial charge in [-0.05, 0) is 12.0 Å². The minimum Gasteiger partial charge on any atom is -0.355 e. The zero-order valence-electron chi connectivity index (χ0n) is 12.1. The molecule has 8 nitrogen and oxygen atoms in total. The van der Waals surface area contributed by atoms with Crippen molar-refractivity contribution >= 4 is 17.1 Å². The van der Waals surface area contributed by atoms with Crippen molar-refractivity contribution in [2.75, 3.05) is 18.4 Å². The highest BCUT2D eigenvalue weighted by atomic mass is 16.2. The molecule has 0 atom stereocenters. The fourth-order valence-corrected chi connectivity index (χ4v) is 1.80. The summed E-state index contributed by atoms with van der Waals surface area (Å²) in [5, 5.41) is 3.11. The zero-order valence-corrected chi connectivity index (χ0v) is 12.1. The Hall–Kier alpha value is -2.09. The molecule has 20 heavy (non-hydrogen) atoms. The van der Waals surface area contributed by atoms with Crippen molar-refractivity contribution in [1.29, 1.82) is 0 Å². The lowest BCUT2D eigenvalue weighted by molar-refractivity contribution is 0.405. The second kappa shape index (κ2) is 4.78. The van der Waals surface area contributed by atoms with Crippen LogP contribution in [0.5, 0.6) is 0 Å². The quantitative estimate of drug-likeness (QED) is 0.689. The molecule has 0 unspecified atom stereocenters. The van der Waals surface area contributed by atoms with E-state index in [9.17, 15) is 9.59 Å². The van der Waals surface area contributed by atoms with Gasteiger partial charge >= 0.3 is 5.69 Å². The van der Waals surface area contributed by atoms with Crippen LogP contribution in [0.15, 0.2) is 9.59 Å². The van der Waals surface area contributed by atoms with Crippen molar-refractivity contribution < 1.29 is 0 Å². The first kappa shape index (κ1) is 14.3. The van der Waals surface area contributed by atoms with Gasteiger partial charge in [0.25, 0.3) is 5.56 Å². The molecule has 110 valence electrons. The van der Waals surface area contributed by atoms with Gasteiger partial charge in [0.2, 0.25) is 5.95 Å². The Morgan fingerprint density at radius 2 is 1.95 bits per heavy atom. The standard InChI is InChI=1S/C12H20N6O2/c1-12(2,5-13)6-14-10-15-7-8(16-10)17(3)11(20)18(4)9(7)19/h5-6,13H2,1-4H3,(H2,14,15,16). The third kappa shape index (κ3) is 2.34. The topological polar surface area (TPSA) is 111 Å². The predicted octanol–water partition coefficient (Wildman–Crippen LogP) is -0.643. The second-order valence-electron chi connectivity index (χ2n) is 5.71. The van der Waals surface area contributed by atoms with Crippen molar-refractivity contribution in [3.63, 3.8) is 0 Å². The highest BCUT2D eigenvalue weighted by Crippen LogP contribution is 2.14. The van der Waals surface area contributed by atoms with E-state index in [2.05, 4.69) is 15.3 Å². The molecule has 0 saturated heterocycles. The molecule has 2 aromatic heterocycles. The molecule has 4 N–H and O–H groups in total. The minimum atomic E-state index is -0.400. The summed E-state index contributed by atoms with van der Waals surface area (Å²) < 4.78 is 2.39. The SMILES string of the molecule is Cn1c(=O)c2[nH]c(NCC(C)(C)CN)nc2n(C)c1=O. The molecule has 0 aromatic carbocycles. The van der Waals surface area contributed by atoms with Crippen LogP contribution in [0, 0.1) is 5.41 Å². The number of nitrogens with zero attached hydrogens (tertiary/aromatic N) is 3. The number of aryl methyl sites for hydroxylation is 1. The first-order chi connectivity index (χ1) is 9.26. The van der Waals surface area contributed by atoms with E-state index in [0.717, 1.165) is 4.57 Å². The zero-order chi connectivity index (χ0) is 15.1. The van der Waals surface area contributed by atoms with Crippen LogP contribution in [0.4, 0.5) is 5.95 Å². The third-order valence-corrected chi connectivity index (χ3v) is 3.38. The van der Waals surface area contributed by atoms with E-state index < -0.39 is 5.69 Å². The molecule has 2 aromatic rings. The number of rotatable bonds is 4. The Morgan fingerprint density at radius 1 is 1.30 bits per heavy atom. The summed E-state index contributed by atoms with van der Waals surface area (Å²) in [6, 6.07) is 0. The first-order valence-corrected chi connectivity index (χ1v) is 6.36. The van der Waals surface area contributed by atoms with E-state index in [0.29, 0.717) is 30.2 Å². The summed E-state index contributed by atoms with van der Waals surface area (Å²) in [6.45, 7) is 5.19. The predicted molar refractivity (Wildman–Crippen MR) is 77.9 cm³/mol. The van der Waals surface area contributed by atoms with Crippen molar-refractivity contribution in [3.05, 3.63) is 20.8 Å². The van der Waals surface area contributed by atoms with Crippen molar-refractivity contribution in [3.8, 4) is 0 Å². The van der Waals surface area contributed by atoms with E-state index in [1.165, 1.54) is 11.6 Å². The van der Waals surface area contributed by atoms with Gasteiger partial charge in [-0.1, -0.05) is 13.8 Å². The second-order valence-corrected chi connectivity index (χ2v) is 5.71. The van der Waals surface area contributed by atoms with Gasteiger partial charge in [-0.2, -0.15) is 4.98 Å². The number of aromatic nitrogens is 4. The van der Waals surface area contributed by atoms with Gasteiger partial charge in [0, 0.05) is 20.6 Å². The maximum atomic E-state index is 12.0. The van der Waals surface area contributed by atoms with Gasteiger partial charge in [-0.25, -0.2) is 4.79 Å². The number of hydrogen-bond acceptors (Lipinski definition) is 5. The van der Waals surface area contributed by atoms with Crippen LogP contribution in [-0.4, -0.2) is 32.2 Å². The van der Waals surface area contributed by atoms with Crippen LogP contribution in [0.25, 0.3) is 11.2 Å². The average molecular weight is 280 g/mol. The van der Waals surface area contributed by atoms with E-state index in [1.807, 2.05) is 13.8 Å². The molecule has 0 spiro atoms. The molecule has 0 bridgehead atoms. The van der Waals surface area contributed by atoms with Crippen LogP contribution in [0.3, 0.4) is 0 Å². The Labute approximate surface area is 115 Å². The molecule has 0 radical (unpaired) electrons. The maximum absolute atomic E-state index is 12.0. The smallest absolute Gasteiger partial charge is 0.332 e. The third-order valence-electron chi connectivity index (χ3n) is 3.38. The molecule has 0 aliphatic carbocycles. The molecule has 0 aliphatic rings. The Morgan fingerprint density at radius 3 is 2.55 bits per heavy atom. The summed E-state index contributed by atoms with van der Waals surface area (Å²) in [5.74, 6) is 0.458. The van der Waals surface area contributed by atoms with Gasteiger partial charge in [0.15, 0.2) is 11.2 Å². The normalized spacial score (nSPS) is 12.1. The highest BCUT2D eigenvalue weighted by Gasteiger charge is 2.17. The Balaban J connectivity index is 2.45. The number of nitrogens with two attached hydrogens (primary N) is 1. The molecule has 0 fully saturated rings. The summed E-state index contributed by atoms with van der Waals surface area (Å²) in [7, 11) is 3.02. The number of H-pyrrole nitrogens is 1. The molecule has 8 heteroatoms. The van der Waals surface area contributed by atoms with Crippen molar-refractivity contribution in [1.82, 2.24) is 19.1 Å². The fraction of sp³-hybridized carbons (Fsp3) is 0.583. The Bertz CT molecular complexity index is 752. The molecule has 2 heterocycles. The van der Waals surface area contributed by atoms with Crippen molar-refractivity contribution in [2.45, 2.75) is 13.8 Å². The van der Waals surface area contributed by atoms with Crippen LogP contribution in [0.2, 0.25) is 0 Å². The monoisotopic (exact) mass is 280 g/mol. The number of imidazole rings is 1. The average Bonchev–Trinajstić information content (AvgIpc) is 2.85. The number of fused-ring (bicyclic) bond motifs is 1. The van der Waals surface area contributed by atoms with Crippen LogP contribution >= 0.6 is 0 Å². The highest BCUT2D eigenvalue weighted by molar-refractivity contribution is 5.72. The van der Waals surface area contributed by atoms with Gasteiger partial charge in [0.05, 0.1) is 0 Å². The largest absolute Gasteiger partial charge is 0.355 e. The Kier molecular flexibility index (Phi) is 3.43. The fourth-order valence-electron chi connectivity index (χ4n) is 1.80. The van der Waals surface area contributed by atoms with Gasteiger partial charge in [-0.15, -0.1) is 0 Å². The number of aromatic amines is 1. The van der Waals surface area contributed by atoms with Crippen LogP contribution < -0.4 is 22.3 Å². The lowest BCUT2D eigenvalue weighted by Crippen LogP contribution is -2.36. The van der Waals surface area contributed by atoms with E-state index >= 15 is 0 Å². The number of nitrogens with one attached hydrogen (secondary N) is 2. The molecular formula is C12H20N6O2. The minimum absolute atomic E-state index is 0.0875. The van der Waals surface area contributed by atoms with Gasteiger partial charge in [0.1, 0.15) is 0 Å². The number of anilines is 1.